The van der Waals surface area contributed by atoms with Crippen LogP contribution < -0.4 is 19.7 Å². The molecule has 0 aliphatic carbocycles. The number of nitrogens with one attached hydrogen (secondary N) is 1. The van der Waals surface area contributed by atoms with Crippen molar-refractivity contribution in [3.63, 3.8) is 0 Å². The molecule has 1 N–H and O–H groups in total. The van der Waals surface area contributed by atoms with Crippen LogP contribution in [0.2, 0.25) is 0 Å². The van der Waals surface area contributed by atoms with Crippen molar-refractivity contribution in [2.45, 2.75) is 19.3 Å². The fraction of sp³-hybridized carbons (Fsp3) is 0.400. The first-order chi connectivity index (χ1) is 12.8. The number of anilines is 1. The molecule has 0 radical (unpaired) electrons. The van der Waals surface area contributed by atoms with Gasteiger partial charge >= 0.3 is 0 Å². The quantitative estimate of drug-likeness (QED) is 0.894. The van der Waals surface area contributed by atoms with Gasteiger partial charge in [0.2, 0.25) is 12.7 Å². The second-order valence-electron chi connectivity index (χ2n) is 6.81. The molecule has 0 saturated carbocycles. The number of benzene rings is 1. The fourth-order valence-electron chi connectivity index (χ4n) is 3.54. The molecule has 1 aromatic carbocycles. The summed E-state index contributed by atoms with van der Waals surface area (Å²) < 4.78 is 10.7. The van der Waals surface area contributed by atoms with E-state index in [1.165, 1.54) is 0 Å². The number of ether oxygens (including phenoxy) is 2. The number of carbonyl (C=O) groups is 1. The maximum absolute atomic E-state index is 12.3. The molecule has 26 heavy (non-hydrogen) atoms. The number of piperidine rings is 1. The highest BCUT2D eigenvalue weighted by Gasteiger charge is 2.21. The molecule has 1 saturated heterocycles. The number of pyridine rings is 1. The van der Waals surface area contributed by atoms with Crippen molar-refractivity contribution in [2.75, 3.05) is 31.3 Å². The van der Waals surface area contributed by atoms with Gasteiger partial charge in [0.05, 0.1) is 6.42 Å². The van der Waals surface area contributed by atoms with E-state index in [4.69, 9.17) is 9.47 Å². The zero-order valence-electron chi connectivity index (χ0n) is 14.7. The van der Waals surface area contributed by atoms with Crippen molar-refractivity contribution >= 4 is 11.7 Å². The molecular formula is C20H23N3O3. The first-order valence-electron chi connectivity index (χ1n) is 9.09. The number of amides is 1. The average Bonchev–Trinajstić information content (AvgIpc) is 3.15. The zero-order chi connectivity index (χ0) is 17.8. The molecule has 2 aliphatic rings. The van der Waals surface area contributed by atoms with Crippen LogP contribution in [0.15, 0.2) is 42.6 Å². The Bertz CT molecular complexity index is 766. The Morgan fingerprint density at radius 2 is 2.15 bits per heavy atom. The van der Waals surface area contributed by atoms with E-state index in [1.54, 1.807) is 0 Å². The van der Waals surface area contributed by atoms with Crippen LogP contribution in [-0.2, 0) is 11.2 Å². The molecule has 136 valence electrons. The van der Waals surface area contributed by atoms with Crippen molar-refractivity contribution in [2.24, 2.45) is 5.92 Å². The average molecular weight is 353 g/mol. The second-order valence-corrected chi connectivity index (χ2v) is 6.81. The molecule has 1 fully saturated rings. The van der Waals surface area contributed by atoms with Crippen molar-refractivity contribution in [3.05, 3.63) is 48.2 Å². The molecular weight excluding hydrogens is 330 g/mol. The van der Waals surface area contributed by atoms with Gasteiger partial charge < -0.3 is 19.7 Å². The number of nitrogens with zero attached hydrogens (tertiary/aromatic N) is 2. The predicted molar refractivity (Wildman–Crippen MR) is 98.5 cm³/mol. The van der Waals surface area contributed by atoms with E-state index in [0.29, 0.717) is 24.6 Å². The topological polar surface area (TPSA) is 63.7 Å². The van der Waals surface area contributed by atoms with E-state index in [2.05, 4.69) is 15.2 Å². The van der Waals surface area contributed by atoms with E-state index in [9.17, 15) is 4.79 Å². The molecule has 6 heteroatoms. The Hall–Kier alpha value is -2.76. The Morgan fingerprint density at radius 3 is 3.04 bits per heavy atom. The third kappa shape index (κ3) is 3.90. The highest BCUT2D eigenvalue weighted by atomic mass is 16.7. The predicted octanol–water partition coefficient (Wildman–Crippen LogP) is 2.39. The number of carbonyl (C=O) groups excluding carboxylic acids is 1. The Morgan fingerprint density at radius 1 is 1.23 bits per heavy atom. The van der Waals surface area contributed by atoms with Gasteiger partial charge in [-0.2, -0.15) is 0 Å². The third-order valence-electron chi connectivity index (χ3n) is 4.88. The summed E-state index contributed by atoms with van der Waals surface area (Å²) in [6.07, 6.45) is 4.44. The van der Waals surface area contributed by atoms with Gasteiger partial charge in [-0.1, -0.05) is 12.1 Å². The van der Waals surface area contributed by atoms with Crippen molar-refractivity contribution in [1.82, 2.24) is 10.3 Å². The summed E-state index contributed by atoms with van der Waals surface area (Å²) in [4.78, 5) is 19.0. The van der Waals surface area contributed by atoms with Gasteiger partial charge in [0.15, 0.2) is 11.5 Å². The van der Waals surface area contributed by atoms with E-state index in [1.807, 2.05) is 42.6 Å². The van der Waals surface area contributed by atoms with Crippen LogP contribution in [0.5, 0.6) is 11.5 Å². The summed E-state index contributed by atoms with van der Waals surface area (Å²) in [5.41, 5.74) is 0.936. The molecule has 0 bridgehead atoms. The SMILES string of the molecule is O=C(Cc1ccc2c(c1)OCO2)NCC1CCCN(c2ccccn2)C1. The summed E-state index contributed by atoms with van der Waals surface area (Å²) in [5, 5.41) is 3.08. The molecule has 4 rings (SSSR count). The van der Waals surface area contributed by atoms with Crippen LogP contribution in [0, 0.1) is 5.92 Å². The van der Waals surface area contributed by atoms with Crippen LogP contribution in [0.3, 0.4) is 0 Å². The van der Waals surface area contributed by atoms with Gasteiger partial charge in [0.1, 0.15) is 5.82 Å². The molecule has 6 nitrogen and oxygen atoms in total. The van der Waals surface area contributed by atoms with E-state index in [0.717, 1.165) is 43.1 Å². The molecule has 0 spiro atoms. The van der Waals surface area contributed by atoms with Gasteiger partial charge in [-0.25, -0.2) is 4.98 Å². The van der Waals surface area contributed by atoms with E-state index in [-0.39, 0.29) is 12.7 Å². The number of hydrogen-bond acceptors (Lipinski definition) is 5. The Labute approximate surface area is 153 Å². The molecule has 3 heterocycles. The maximum atomic E-state index is 12.3. The van der Waals surface area contributed by atoms with Gasteiger partial charge in [0.25, 0.3) is 0 Å². The summed E-state index contributed by atoms with van der Waals surface area (Å²) in [7, 11) is 0. The van der Waals surface area contributed by atoms with Crippen LogP contribution in [-0.4, -0.2) is 37.3 Å². The van der Waals surface area contributed by atoms with Crippen molar-refractivity contribution in [3.8, 4) is 11.5 Å². The monoisotopic (exact) mass is 353 g/mol. The van der Waals surface area contributed by atoms with Gasteiger partial charge in [0, 0.05) is 25.8 Å². The minimum atomic E-state index is 0.0406. The standard InChI is InChI=1S/C20H23N3O3/c24-20(11-15-6-7-17-18(10-15)26-14-25-17)22-12-16-4-3-9-23(13-16)19-5-1-2-8-21-19/h1-2,5-8,10,16H,3-4,9,11-14H2,(H,22,24). The Kier molecular flexibility index (Phi) is 4.91. The van der Waals surface area contributed by atoms with Gasteiger partial charge in [-0.3, -0.25) is 4.79 Å². The van der Waals surface area contributed by atoms with Crippen molar-refractivity contribution in [1.29, 1.82) is 0 Å². The minimum Gasteiger partial charge on any atom is -0.454 e. The largest absolute Gasteiger partial charge is 0.454 e. The number of rotatable bonds is 5. The smallest absolute Gasteiger partial charge is 0.231 e. The molecule has 1 atom stereocenters. The van der Waals surface area contributed by atoms with Gasteiger partial charge in [-0.05, 0) is 48.6 Å². The lowest BCUT2D eigenvalue weighted by atomic mass is 9.98. The fourth-order valence-corrected chi connectivity index (χ4v) is 3.54. The van der Waals surface area contributed by atoms with Crippen LogP contribution in [0.1, 0.15) is 18.4 Å². The normalized spacial score (nSPS) is 18.6. The lowest BCUT2D eigenvalue weighted by Crippen LogP contribution is -2.41. The first kappa shape index (κ1) is 16.7. The zero-order valence-corrected chi connectivity index (χ0v) is 14.7. The summed E-state index contributed by atoms with van der Waals surface area (Å²) in [6, 6.07) is 11.6. The molecule has 1 amide bonds. The van der Waals surface area contributed by atoms with Crippen LogP contribution in [0.4, 0.5) is 5.82 Å². The Balaban J connectivity index is 1.27. The third-order valence-corrected chi connectivity index (χ3v) is 4.88. The van der Waals surface area contributed by atoms with Crippen molar-refractivity contribution < 1.29 is 14.3 Å². The first-order valence-corrected chi connectivity index (χ1v) is 9.09. The molecule has 1 unspecified atom stereocenters. The second kappa shape index (κ2) is 7.64. The van der Waals surface area contributed by atoms with Crippen LogP contribution >= 0.6 is 0 Å². The lowest BCUT2D eigenvalue weighted by Gasteiger charge is -2.33. The summed E-state index contributed by atoms with van der Waals surface area (Å²) in [6.45, 7) is 2.91. The van der Waals surface area contributed by atoms with E-state index >= 15 is 0 Å². The molecule has 2 aromatic rings. The molecule has 2 aliphatic heterocycles. The number of aromatic nitrogens is 1. The highest BCUT2D eigenvalue weighted by Crippen LogP contribution is 2.32. The van der Waals surface area contributed by atoms with Crippen LogP contribution in [0.25, 0.3) is 0 Å². The van der Waals surface area contributed by atoms with Gasteiger partial charge in [-0.15, -0.1) is 0 Å². The summed E-state index contributed by atoms with van der Waals surface area (Å²) in [5.74, 6) is 2.97. The lowest BCUT2D eigenvalue weighted by molar-refractivity contribution is -0.120. The summed E-state index contributed by atoms with van der Waals surface area (Å²) >= 11 is 0. The number of fused-ring (bicyclic) bond motifs is 1. The highest BCUT2D eigenvalue weighted by molar-refractivity contribution is 5.78. The minimum absolute atomic E-state index is 0.0406. The number of hydrogen-bond donors (Lipinski definition) is 1. The molecule has 1 aromatic heterocycles. The van der Waals surface area contributed by atoms with E-state index < -0.39 is 0 Å². The maximum Gasteiger partial charge on any atom is 0.231 e.